The summed E-state index contributed by atoms with van der Waals surface area (Å²) < 4.78 is 5.75. The molecular formula is C25H22N2O4S. The van der Waals surface area contributed by atoms with E-state index in [1.807, 2.05) is 30.3 Å². The Balaban J connectivity index is 1.41. The van der Waals surface area contributed by atoms with E-state index in [-0.39, 0.29) is 11.3 Å². The van der Waals surface area contributed by atoms with Gasteiger partial charge in [-0.15, -0.1) is 11.3 Å². The summed E-state index contributed by atoms with van der Waals surface area (Å²) in [5.74, 6) is 1.02. The summed E-state index contributed by atoms with van der Waals surface area (Å²) in [5, 5.41) is 14.2. The maximum absolute atomic E-state index is 12.9. The fourth-order valence-corrected chi connectivity index (χ4v) is 5.53. The van der Waals surface area contributed by atoms with Crippen LogP contribution in [0.4, 0.5) is 5.69 Å². The number of anilines is 1. The lowest BCUT2D eigenvalue weighted by atomic mass is 9.89. The van der Waals surface area contributed by atoms with Crippen molar-refractivity contribution in [2.75, 3.05) is 5.32 Å². The minimum atomic E-state index is -0.647. The zero-order valence-corrected chi connectivity index (χ0v) is 18.3. The highest BCUT2D eigenvalue weighted by atomic mass is 32.1. The highest BCUT2D eigenvalue weighted by Gasteiger charge is 2.27. The Hall–Kier alpha value is -3.58. The average Bonchev–Trinajstić information content (AvgIpc) is 3.13. The molecule has 3 N–H and O–H groups in total. The molecule has 162 valence electrons. The van der Waals surface area contributed by atoms with Gasteiger partial charge in [0.2, 0.25) is 0 Å². The van der Waals surface area contributed by atoms with E-state index >= 15 is 0 Å². The highest BCUT2D eigenvalue weighted by Crippen LogP contribution is 2.41. The maximum Gasteiger partial charge on any atom is 0.265 e. The molecule has 0 unspecified atom stereocenters. The number of aryl methyl sites for hydroxylation is 1. The third kappa shape index (κ3) is 3.76. The number of pyridine rings is 1. The van der Waals surface area contributed by atoms with Gasteiger partial charge >= 0.3 is 0 Å². The monoisotopic (exact) mass is 446 g/mol. The molecule has 0 bridgehead atoms. The van der Waals surface area contributed by atoms with Crippen LogP contribution < -0.4 is 15.6 Å². The molecule has 0 saturated heterocycles. The molecule has 2 heterocycles. The summed E-state index contributed by atoms with van der Waals surface area (Å²) in [4.78, 5) is 30.1. The van der Waals surface area contributed by atoms with Crippen LogP contribution in [0, 0.1) is 5.92 Å². The Kier molecular flexibility index (Phi) is 5.19. The molecular weight excluding hydrogens is 424 g/mol. The minimum Gasteiger partial charge on any atom is -0.506 e. The highest BCUT2D eigenvalue weighted by molar-refractivity contribution is 7.18. The standard InChI is InChI=1S/C25H22N2O4S/c1-14-7-12-18-19(13-14)32-25-20(18)22(28)21(24(30)27-25)23(29)26-15-8-10-17(11-9-15)31-16-5-3-2-4-6-16/h2-6,8-11,14H,7,12-13H2,1H3,(H,26,29)(H2,27,28,30)/t14-/m0/s1. The quantitative estimate of drug-likeness (QED) is 0.388. The number of hydrogen-bond acceptors (Lipinski definition) is 5. The molecule has 1 atom stereocenters. The first-order chi connectivity index (χ1) is 15.5. The molecule has 1 aliphatic rings. The van der Waals surface area contributed by atoms with Crippen molar-refractivity contribution in [3.63, 3.8) is 0 Å². The predicted molar refractivity (Wildman–Crippen MR) is 126 cm³/mol. The Morgan fingerprint density at radius 1 is 1.12 bits per heavy atom. The van der Waals surface area contributed by atoms with Crippen LogP contribution in [0.3, 0.4) is 0 Å². The molecule has 1 aliphatic carbocycles. The maximum atomic E-state index is 12.9. The van der Waals surface area contributed by atoms with Gasteiger partial charge in [-0.3, -0.25) is 9.59 Å². The smallest absolute Gasteiger partial charge is 0.265 e. The Labute approximate surface area is 188 Å². The zero-order valence-electron chi connectivity index (χ0n) is 17.5. The van der Waals surface area contributed by atoms with E-state index in [2.05, 4.69) is 17.2 Å². The fourth-order valence-electron chi connectivity index (χ4n) is 4.12. The minimum absolute atomic E-state index is 0.239. The second kappa shape index (κ2) is 8.16. The number of amides is 1. The summed E-state index contributed by atoms with van der Waals surface area (Å²) >= 11 is 1.50. The van der Waals surface area contributed by atoms with E-state index in [0.29, 0.717) is 33.3 Å². The van der Waals surface area contributed by atoms with Gasteiger partial charge in [0.1, 0.15) is 27.6 Å². The van der Waals surface area contributed by atoms with Crippen molar-refractivity contribution >= 4 is 33.1 Å². The van der Waals surface area contributed by atoms with E-state index in [9.17, 15) is 14.7 Å². The lowest BCUT2D eigenvalue weighted by Crippen LogP contribution is -2.23. The van der Waals surface area contributed by atoms with Crippen molar-refractivity contribution in [1.82, 2.24) is 4.98 Å². The van der Waals surface area contributed by atoms with E-state index in [0.717, 1.165) is 24.8 Å². The van der Waals surface area contributed by atoms with Gasteiger partial charge in [0, 0.05) is 10.6 Å². The van der Waals surface area contributed by atoms with Crippen molar-refractivity contribution in [3.8, 4) is 17.2 Å². The number of rotatable bonds is 4. The molecule has 0 saturated carbocycles. The van der Waals surface area contributed by atoms with Crippen molar-refractivity contribution in [3.05, 3.63) is 81.0 Å². The SMILES string of the molecule is C[C@H]1CCc2c(sc3[nH]c(=O)c(C(=O)Nc4ccc(Oc5ccccc5)cc4)c(O)c23)C1. The normalized spacial score (nSPS) is 15.3. The van der Waals surface area contributed by atoms with Crippen molar-refractivity contribution < 1.29 is 14.6 Å². The van der Waals surface area contributed by atoms with E-state index in [4.69, 9.17) is 4.74 Å². The van der Waals surface area contributed by atoms with Crippen LogP contribution in [0.15, 0.2) is 59.4 Å². The number of carbonyl (C=O) groups excluding carboxylic acids is 1. The predicted octanol–water partition coefficient (Wildman–Crippen LogP) is 5.46. The molecule has 2 aromatic carbocycles. The molecule has 0 fully saturated rings. The van der Waals surface area contributed by atoms with Crippen LogP contribution in [-0.2, 0) is 12.8 Å². The molecule has 32 heavy (non-hydrogen) atoms. The van der Waals surface area contributed by atoms with Gasteiger partial charge in [-0.25, -0.2) is 0 Å². The van der Waals surface area contributed by atoms with E-state index in [1.54, 1.807) is 24.3 Å². The van der Waals surface area contributed by atoms with Gasteiger partial charge in [0.15, 0.2) is 0 Å². The molecule has 0 aliphatic heterocycles. The number of fused-ring (bicyclic) bond motifs is 3. The number of aromatic nitrogens is 1. The third-order valence-corrected chi connectivity index (χ3v) is 6.93. The van der Waals surface area contributed by atoms with Crippen molar-refractivity contribution in [1.29, 1.82) is 0 Å². The zero-order chi connectivity index (χ0) is 22.2. The molecule has 2 aromatic heterocycles. The first kappa shape index (κ1) is 20.3. The van der Waals surface area contributed by atoms with Crippen LogP contribution in [0.25, 0.3) is 10.2 Å². The van der Waals surface area contributed by atoms with Crippen molar-refractivity contribution in [2.45, 2.75) is 26.2 Å². The second-order valence-corrected chi connectivity index (χ2v) is 9.23. The van der Waals surface area contributed by atoms with Gasteiger partial charge in [-0.05, 0) is 67.1 Å². The van der Waals surface area contributed by atoms with Crippen LogP contribution >= 0.6 is 11.3 Å². The van der Waals surface area contributed by atoms with Gasteiger partial charge in [0.05, 0.1) is 5.39 Å². The summed E-state index contributed by atoms with van der Waals surface area (Å²) in [5.41, 5.74) is 0.688. The van der Waals surface area contributed by atoms with Gasteiger partial charge < -0.3 is 20.1 Å². The number of aromatic amines is 1. The Bertz CT molecular complexity index is 1360. The first-order valence-electron chi connectivity index (χ1n) is 10.5. The topological polar surface area (TPSA) is 91.4 Å². The lowest BCUT2D eigenvalue weighted by molar-refractivity contribution is 0.102. The van der Waals surface area contributed by atoms with Crippen molar-refractivity contribution in [2.24, 2.45) is 5.92 Å². The number of ether oxygens (including phenoxy) is 1. The summed E-state index contributed by atoms with van der Waals surface area (Å²) in [6, 6.07) is 16.2. The lowest BCUT2D eigenvalue weighted by Gasteiger charge is -2.18. The Morgan fingerprint density at radius 2 is 1.84 bits per heavy atom. The van der Waals surface area contributed by atoms with Gasteiger partial charge in [0.25, 0.3) is 11.5 Å². The summed E-state index contributed by atoms with van der Waals surface area (Å²) in [7, 11) is 0. The number of H-pyrrole nitrogens is 1. The second-order valence-electron chi connectivity index (χ2n) is 8.13. The van der Waals surface area contributed by atoms with Crippen LogP contribution in [0.1, 0.15) is 34.1 Å². The number of carbonyl (C=O) groups is 1. The number of aromatic hydroxyl groups is 1. The molecule has 6 nitrogen and oxygen atoms in total. The number of nitrogens with one attached hydrogen (secondary N) is 2. The third-order valence-electron chi connectivity index (χ3n) is 5.76. The number of hydrogen-bond donors (Lipinski definition) is 3. The molecule has 4 aromatic rings. The first-order valence-corrected chi connectivity index (χ1v) is 11.3. The van der Waals surface area contributed by atoms with Crippen LogP contribution in [0.2, 0.25) is 0 Å². The summed E-state index contributed by atoms with van der Waals surface area (Å²) in [6.07, 6.45) is 2.78. The largest absolute Gasteiger partial charge is 0.506 e. The fraction of sp³-hybridized carbons (Fsp3) is 0.200. The van der Waals surface area contributed by atoms with E-state index < -0.39 is 11.5 Å². The van der Waals surface area contributed by atoms with Gasteiger partial charge in [-0.1, -0.05) is 25.1 Å². The van der Waals surface area contributed by atoms with Crippen LogP contribution in [0.5, 0.6) is 17.2 Å². The molecule has 1 amide bonds. The molecule has 0 spiro atoms. The molecule has 5 rings (SSSR count). The average molecular weight is 447 g/mol. The number of benzene rings is 2. The Morgan fingerprint density at radius 3 is 2.59 bits per heavy atom. The number of thiophene rings is 1. The summed E-state index contributed by atoms with van der Waals surface area (Å²) in [6.45, 7) is 2.20. The molecule has 0 radical (unpaired) electrons. The van der Waals surface area contributed by atoms with E-state index in [1.165, 1.54) is 16.2 Å². The number of para-hydroxylation sites is 1. The van der Waals surface area contributed by atoms with Crippen LogP contribution in [-0.4, -0.2) is 16.0 Å². The molecule has 7 heteroatoms. The van der Waals surface area contributed by atoms with Gasteiger partial charge in [-0.2, -0.15) is 0 Å².